The first-order valence-electron chi connectivity index (χ1n) is 7.37. The van der Waals surface area contributed by atoms with Crippen molar-refractivity contribution in [2.45, 2.75) is 13.8 Å². The zero-order chi connectivity index (χ0) is 17.1. The van der Waals surface area contributed by atoms with Gasteiger partial charge in [-0.05, 0) is 38.1 Å². The van der Waals surface area contributed by atoms with Crippen LogP contribution in [0.15, 0.2) is 48.1 Å². The maximum atomic E-state index is 11.7. The van der Waals surface area contributed by atoms with E-state index < -0.39 is 0 Å². The highest BCUT2D eigenvalue weighted by atomic mass is 16.5. The molecule has 7 nitrogen and oxygen atoms in total. The summed E-state index contributed by atoms with van der Waals surface area (Å²) in [6.07, 6.45) is 4.80. The van der Waals surface area contributed by atoms with Gasteiger partial charge >= 0.3 is 5.97 Å². The van der Waals surface area contributed by atoms with Crippen LogP contribution in [0.5, 0.6) is 0 Å². The molecule has 2 heterocycles. The average molecular weight is 323 g/mol. The summed E-state index contributed by atoms with van der Waals surface area (Å²) in [6, 6.07) is 9.37. The largest absolute Gasteiger partial charge is 0.465 e. The highest BCUT2D eigenvalue weighted by Crippen LogP contribution is 2.21. The molecule has 1 aromatic carbocycles. The number of carbonyl (C=O) groups excluding carboxylic acids is 1. The Balaban J connectivity index is 1.99. The van der Waals surface area contributed by atoms with Gasteiger partial charge in [-0.1, -0.05) is 6.07 Å². The number of methoxy groups -OCH3 is 1. The van der Waals surface area contributed by atoms with Crippen molar-refractivity contribution < 1.29 is 9.53 Å². The van der Waals surface area contributed by atoms with E-state index in [2.05, 4.69) is 19.9 Å². The van der Waals surface area contributed by atoms with E-state index in [4.69, 9.17) is 4.74 Å². The van der Waals surface area contributed by atoms with Crippen LogP contribution in [0.1, 0.15) is 27.3 Å². The van der Waals surface area contributed by atoms with Gasteiger partial charge in [0.15, 0.2) is 0 Å². The Morgan fingerprint density at radius 2 is 1.96 bits per heavy atom. The van der Waals surface area contributed by atoms with E-state index in [1.807, 2.05) is 38.1 Å². The van der Waals surface area contributed by atoms with Crippen molar-refractivity contribution in [2.24, 2.45) is 5.10 Å². The SMILES string of the molecule is COC(=O)c1cccc(-n2c(C)cc(/C=N\n3cnnc3)c2C)c1. The summed E-state index contributed by atoms with van der Waals surface area (Å²) in [5.41, 5.74) is 4.45. The number of aromatic nitrogens is 4. The van der Waals surface area contributed by atoms with Gasteiger partial charge in [0.2, 0.25) is 0 Å². The van der Waals surface area contributed by atoms with Crippen LogP contribution in [-0.2, 0) is 4.74 Å². The van der Waals surface area contributed by atoms with Crippen molar-refractivity contribution in [2.75, 3.05) is 7.11 Å². The Hall–Kier alpha value is -3.22. The van der Waals surface area contributed by atoms with E-state index in [1.54, 1.807) is 12.3 Å². The van der Waals surface area contributed by atoms with E-state index in [9.17, 15) is 4.79 Å². The zero-order valence-corrected chi connectivity index (χ0v) is 13.7. The first-order valence-corrected chi connectivity index (χ1v) is 7.37. The van der Waals surface area contributed by atoms with Gasteiger partial charge in [0.1, 0.15) is 12.7 Å². The molecule has 0 unspecified atom stereocenters. The molecule has 0 aliphatic heterocycles. The minimum atomic E-state index is -0.353. The minimum absolute atomic E-state index is 0.353. The second-order valence-corrected chi connectivity index (χ2v) is 5.29. The summed E-state index contributed by atoms with van der Waals surface area (Å²) in [5.74, 6) is -0.353. The molecular formula is C17H17N5O2. The molecular weight excluding hydrogens is 306 g/mol. The van der Waals surface area contributed by atoms with Crippen molar-refractivity contribution >= 4 is 12.2 Å². The highest BCUT2D eigenvalue weighted by molar-refractivity contribution is 5.90. The van der Waals surface area contributed by atoms with E-state index >= 15 is 0 Å². The molecule has 7 heteroatoms. The lowest BCUT2D eigenvalue weighted by molar-refractivity contribution is 0.0600. The van der Waals surface area contributed by atoms with Crippen molar-refractivity contribution in [3.63, 3.8) is 0 Å². The molecule has 0 saturated heterocycles. The summed E-state index contributed by atoms with van der Waals surface area (Å²) in [6.45, 7) is 4.01. The second kappa shape index (κ2) is 6.49. The van der Waals surface area contributed by atoms with Gasteiger partial charge in [-0.15, -0.1) is 10.2 Å². The van der Waals surface area contributed by atoms with Gasteiger partial charge in [0.25, 0.3) is 0 Å². The lowest BCUT2D eigenvalue weighted by Gasteiger charge is -2.10. The first-order chi connectivity index (χ1) is 11.6. The Morgan fingerprint density at radius 3 is 2.67 bits per heavy atom. The van der Waals surface area contributed by atoms with Crippen LogP contribution >= 0.6 is 0 Å². The Kier molecular flexibility index (Phi) is 4.24. The Labute approximate surface area is 139 Å². The highest BCUT2D eigenvalue weighted by Gasteiger charge is 2.12. The normalized spacial score (nSPS) is 11.1. The van der Waals surface area contributed by atoms with Crippen molar-refractivity contribution in [1.29, 1.82) is 0 Å². The monoisotopic (exact) mass is 323 g/mol. The number of aryl methyl sites for hydroxylation is 1. The van der Waals surface area contributed by atoms with Crippen LogP contribution in [0, 0.1) is 13.8 Å². The molecule has 0 bridgehead atoms. The molecule has 24 heavy (non-hydrogen) atoms. The van der Waals surface area contributed by atoms with Crippen LogP contribution in [0.25, 0.3) is 5.69 Å². The average Bonchev–Trinajstić information content (AvgIpc) is 3.20. The van der Waals surface area contributed by atoms with Crippen LogP contribution in [-0.4, -0.2) is 38.7 Å². The lowest BCUT2D eigenvalue weighted by Crippen LogP contribution is -2.04. The predicted octanol–water partition coefficient (Wildman–Crippen LogP) is 2.35. The van der Waals surface area contributed by atoms with Crippen molar-refractivity contribution in [3.05, 3.63) is 65.5 Å². The van der Waals surface area contributed by atoms with Crippen molar-refractivity contribution in [3.8, 4) is 5.69 Å². The summed E-state index contributed by atoms with van der Waals surface area (Å²) < 4.78 is 8.39. The maximum absolute atomic E-state index is 11.7. The van der Waals surface area contributed by atoms with E-state index in [1.165, 1.54) is 24.4 Å². The molecule has 0 aliphatic carbocycles. The quantitative estimate of drug-likeness (QED) is 0.546. The topological polar surface area (TPSA) is 74.3 Å². The second-order valence-electron chi connectivity index (χ2n) is 5.29. The third kappa shape index (κ3) is 2.96. The number of carbonyl (C=O) groups is 1. The van der Waals surface area contributed by atoms with Gasteiger partial charge < -0.3 is 9.30 Å². The molecule has 0 amide bonds. The van der Waals surface area contributed by atoms with Crippen LogP contribution in [0.2, 0.25) is 0 Å². The maximum Gasteiger partial charge on any atom is 0.337 e. The molecule has 0 aliphatic rings. The van der Waals surface area contributed by atoms with E-state index in [0.717, 1.165) is 22.6 Å². The number of hydrogen-bond acceptors (Lipinski definition) is 5. The fourth-order valence-corrected chi connectivity index (χ4v) is 2.59. The Morgan fingerprint density at radius 1 is 1.21 bits per heavy atom. The zero-order valence-electron chi connectivity index (χ0n) is 13.7. The molecule has 0 fully saturated rings. The number of nitrogens with zero attached hydrogens (tertiary/aromatic N) is 5. The molecule has 3 rings (SSSR count). The lowest BCUT2D eigenvalue weighted by atomic mass is 10.2. The fraction of sp³-hybridized carbons (Fsp3) is 0.176. The number of rotatable bonds is 4. The van der Waals surface area contributed by atoms with E-state index in [-0.39, 0.29) is 5.97 Å². The summed E-state index contributed by atoms with van der Waals surface area (Å²) in [5, 5.41) is 11.7. The molecule has 3 aromatic rings. The fourth-order valence-electron chi connectivity index (χ4n) is 2.59. The number of benzene rings is 1. The van der Waals surface area contributed by atoms with Crippen molar-refractivity contribution in [1.82, 2.24) is 19.4 Å². The van der Waals surface area contributed by atoms with Gasteiger partial charge in [-0.3, -0.25) is 0 Å². The number of ether oxygens (including phenoxy) is 1. The summed E-state index contributed by atoms with van der Waals surface area (Å²) in [7, 11) is 1.38. The van der Waals surface area contributed by atoms with Gasteiger partial charge in [-0.2, -0.15) is 5.10 Å². The van der Waals surface area contributed by atoms with Crippen LogP contribution < -0.4 is 0 Å². The predicted molar refractivity (Wildman–Crippen MR) is 89.6 cm³/mol. The smallest absolute Gasteiger partial charge is 0.337 e. The standard InChI is InChI=1S/C17H17N5O2/c1-12-7-15(9-20-21-10-18-19-11-21)13(2)22(12)16-6-4-5-14(8-16)17(23)24-3/h4-11H,1-3H3/b20-9-. The third-order valence-electron chi connectivity index (χ3n) is 3.73. The third-order valence-corrected chi connectivity index (χ3v) is 3.73. The minimum Gasteiger partial charge on any atom is -0.465 e. The summed E-state index contributed by atoms with van der Waals surface area (Å²) >= 11 is 0. The van der Waals surface area contributed by atoms with Crippen LogP contribution in [0.3, 0.4) is 0 Å². The molecule has 0 spiro atoms. The molecule has 0 atom stereocenters. The van der Waals surface area contributed by atoms with Gasteiger partial charge in [0.05, 0.1) is 18.9 Å². The van der Waals surface area contributed by atoms with E-state index in [0.29, 0.717) is 5.56 Å². The Bertz CT molecular complexity index is 894. The number of esters is 1. The number of hydrogen-bond donors (Lipinski definition) is 0. The molecule has 2 aromatic heterocycles. The molecule has 0 N–H and O–H groups in total. The summed E-state index contributed by atoms with van der Waals surface area (Å²) in [4.78, 5) is 11.7. The van der Waals surface area contributed by atoms with Gasteiger partial charge in [0, 0.05) is 22.6 Å². The first kappa shape index (κ1) is 15.7. The molecule has 122 valence electrons. The molecule has 0 saturated carbocycles. The molecule has 0 radical (unpaired) electrons. The van der Waals surface area contributed by atoms with Crippen LogP contribution in [0.4, 0.5) is 0 Å². The van der Waals surface area contributed by atoms with Gasteiger partial charge in [-0.25, -0.2) is 9.47 Å².